The quantitative estimate of drug-likeness (QED) is 0.713. The van der Waals surface area contributed by atoms with E-state index in [9.17, 15) is 13.2 Å². The number of hydrogen-bond acceptors (Lipinski definition) is 6. The maximum absolute atomic E-state index is 12.2. The second-order valence-corrected chi connectivity index (χ2v) is 6.07. The van der Waals surface area contributed by atoms with Crippen molar-refractivity contribution in [3.8, 4) is 0 Å². The van der Waals surface area contributed by atoms with Gasteiger partial charge >= 0.3 is 5.97 Å². The van der Waals surface area contributed by atoms with Gasteiger partial charge in [-0.3, -0.25) is 9.48 Å². The summed E-state index contributed by atoms with van der Waals surface area (Å²) < 4.78 is 31.3. The highest BCUT2D eigenvalue weighted by atomic mass is 32.2. The lowest BCUT2D eigenvalue weighted by molar-refractivity contribution is -0.140. The number of nitrogens with two attached hydrogens (primary N) is 1. The third-order valence-electron chi connectivity index (χ3n) is 2.59. The molecule has 0 saturated carbocycles. The molecule has 0 aliphatic carbocycles. The number of hydrogen-bond donors (Lipinski definition) is 1. The molecule has 0 spiro atoms. The number of aryl methyl sites for hydroxylation is 1. The number of carbonyl (C=O) groups excluding carboxylic acids is 1. The van der Waals surface area contributed by atoms with Gasteiger partial charge in [0.25, 0.3) is 0 Å². The zero-order valence-electron chi connectivity index (χ0n) is 11.2. The first-order chi connectivity index (χ1) is 8.78. The molecule has 2 N–H and O–H groups in total. The molecule has 8 nitrogen and oxygen atoms in total. The summed E-state index contributed by atoms with van der Waals surface area (Å²) in [5, 5.41) is 3.80. The largest absolute Gasteiger partial charge is 0.469 e. The zero-order chi connectivity index (χ0) is 14.6. The molecule has 1 heterocycles. The highest BCUT2D eigenvalue weighted by molar-refractivity contribution is 7.89. The fourth-order valence-corrected chi connectivity index (χ4v) is 2.81. The molecule has 0 aromatic carbocycles. The highest BCUT2D eigenvalue weighted by Crippen LogP contribution is 2.19. The average molecular weight is 290 g/mol. The van der Waals surface area contributed by atoms with E-state index in [-0.39, 0.29) is 29.6 Å². The molecule has 1 aromatic heterocycles. The molecule has 0 radical (unpaired) electrons. The minimum absolute atomic E-state index is 0.0319. The number of aromatic nitrogens is 2. The van der Waals surface area contributed by atoms with Gasteiger partial charge in [0.15, 0.2) is 5.82 Å². The topological polar surface area (TPSA) is 108 Å². The summed E-state index contributed by atoms with van der Waals surface area (Å²) in [7, 11) is 0.630. The van der Waals surface area contributed by atoms with Gasteiger partial charge in [0.1, 0.15) is 4.90 Å². The molecule has 0 aliphatic rings. The van der Waals surface area contributed by atoms with Gasteiger partial charge in [0.05, 0.1) is 7.11 Å². The molecule has 0 bridgehead atoms. The first-order valence-corrected chi connectivity index (χ1v) is 7.05. The van der Waals surface area contributed by atoms with Crippen LogP contribution in [0.3, 0.4) is 0 Å². The van der Waals surface area contributed by atoms with E-state index in [0.29, 0.717) is 6.42 Å². The number of methoxy groups -OCH3 is 1. The number of ether oxygens (including phenoxy) is 1. The van der Waals surface area contributed by atoms with E-state index in [4.69, 9.17) is 5.73 Å². The molecule has 0 saturated heterocycles. The Morgan fingerprint density at radius 2 is 2.21 bits per heavy atom. The van der Waals surface area contributed by atoms with Gasteiger partial charge in [-0.15, -0.1) is 0 Å². The van der Waals surface area contributed by atoms with Crippen LogP contribution in [0, 0.1) is 0 Å². The maximum Gasteiger partial charge on any atom is 0.305 e. The zero-order valence-corrected chi connectivity index (χ0v) is 12.0. The van der Waals surface area contributed by atoms with E-state index in [1.807, 2.05) is 0 Å². The van der Waals surface area contributed by atoms with Crippen LogP contribution in [-0.2, 0) is 26.6 Å². The van der Waals surface area contributed by atoms with Crippen molar-refractivity contribution in [2.45, 2.75) is 17.7 Å². The smallest absolute Gasteiger partial charge is 0.305 e. The average Bonchev–Trinajstić information content (AvgIpc) is 2.68. The second kappa shape index (κ2) is 6.02. The van der Waals surface area contributed by atoms with Crippen molar-refractivity contribution in [2.24, 2.45) is 7.05 Å². The molecule has 0 aliphatic heterocycles. The summed E-state index contributed by atoms with van der Waals surface area (Å²) in [5.41, 5.74) is 5.55. The summed E-state index contributed by atoms with van der Waals surface area (Å²) in [6, 6.07) is 0. The molecule has 1 aromatic rings. The lowest BCUT2D eigenvalue weighted by Crippen LogP contribution is -2.28. The van der Waals surface area contributed by atoms with Crippen molar-refractivity contribution in [1.82, 2.24) is 14.1 Å². The predicted octanol–water partition coefficient (Wildman–Crippen LogP) is -0.424. The van der Waals surface area contributed by atoms with E-state index in [2.05, 4.69) is 9.84 Å². The lowest BCUT2D eigenvalue weighted by atomic mass is 10.3. The van der Waals surface area contributed by atoms with Crippen LogP contribution in [0.2, 0.25) is 0 Å². The van der Waals surface area contributed by atoms with Crippen LogP contribution in [0.1, 0.15) is 12.8 Å². The Bertz CT molecular complexity index is 552. The minimum Gasteiger partial charge on any atom is -0.469 e. The van der Waals surface area contributed by atoms with Crippen LogP contribution in [0.5, 0.6) is 0 Å². The molecular weight excluding hydrogens is 272 g/mol. The standard InChI is InChI=1S/C10H18N4O4S/c1-13-7-8(10(11)12-13)19(16,17)14(2)6-4-5-9(15)18-3/h7H,4-6H2,1-3H3,(H2,11,12). The normalized spacial score (nSPS) is 11.8. The third-order valence-corrected chi connectivity index (χ3v) is 4.47. The molecule has 0 amide bonds. The van der Waals surface area contributed by atoms with Crippen LogP contribution < -0.4 is 5.73 Å². The number of esters is 1. The van der Waals surface area contributed by atoms with Gasteiger partial charge in [-0.1, -0.05) is 0 Å². The minimum atomic E-state index is -3.68. The van der Waals surface area contributed by atoms with Crippen molar-refractivity contribution < 1.29 is 17.9 Å². The van der Waals surface area contributed by atoms with E-state index in [1.54, 1.807) is 7.05 Å². The number of rotatable bonds is 6. The highest BCUT2D eigenvalue weighted by Gasteiger charge is 2.25. The van der Waals surface area contributed by atoms with Crippen molar-refractivity contribution >= 4 is 21.8 Å². The van der Waals surface area contributed by atoms with Crippen molar-refractivity contribution in [2.75, 3.05) is 26.4 Å². The molecule has 108 valence electrons. The van der Waals surface area contributed by atoms with Crippen LogP contribution in [0.4, 0.5) is 5.82 Å². The number of anilines is 1. The van der Waals surface area contributed by atoms with Crippen molar-refractivity contribution in [3.63, 3.8) is 0 Å². The molecule has 0 unspecified atom stereocenters. The molecule has 0 fully saturated rings. The van der Waals surface area contributed by atoms with Gasteiger partial charge in [-0.05, 0) is 6.42 Å². The van der Waals surface area contributed by atoms with Crippen LogP contribution in [0.15, 0.2) is 11.1 Å². The van der Waals surface area contributed by atoms with E-state index < -0.39 is 10.0 Å². The Morgan fingerprint density at radius 3 is 2.68 bits per heavy atom. The summed E-state index contributed by atoms with van der Waals surface area (Å²) in [6.45, 7) is 0.200. The van der Waals surface area contributed by atoms with Gasteiger partial charge in [0.2, 0.25) is 10.0 Å². The van der Waals surface area contributed by atoms with Crippen molar-refractivity contribution in [3.05, 3.63) is 6.20 Å². The van der Waals surface area contributed by atoms with Gasteiger partial charge in [-0.25, -0.2) is 12.7 Å². The summed E-state index contributed by atoms with van der Waals surface area (Å²) in [6.07, 6.45) is 1.89. The van der Waals surface area contributed by atoms with Crippen LogP contribution in [-0.4, -0.2) is 49.2 Å². The summed E-state index contributed by atoms with van der Waals surface area (Å²) in [4.78, 5) is 10.9. The molecule has 19 heavy (non-hydrogen) atoms. The number of carbonyl (C=O) groups is 1. The Labute approximate surface area is 112 Å². The predicted molar refractivity (Wildman–Crippen MR) is 68.7 cm³/mol. The van der Waals surface area contributed by atoms with Crippen LogP contribution in [0.25, 0.3) is 0 Å². The number of nitrogens with zero attached hydrogens (tertiary/aromatic N) is 3. The molecular formula is C10H18N4O4S. The molecule has 9 heteroatoms. The molecule has 0 atom stereocenters. The first kappa shape index (κ1) is 15.4. The van der Waals surface area contributed by atoms with Crippen molar-refractivity contribution in [1.29, 1.82) is 0 Å². The Morgan fingerprint density at radius 1 is 1.58 bits per heavy atom. The second-order valence-electron chi connectivity index (χ2n) is 4.06. The summed E-state index contributed by atoms with van der Waals surface area (Å²) in [5.74, 6) is -0.408. The Kier molecular flexibility index (Phi) is 4.90. The third kappa shape index (κ3) is 3.67. The monoisotopic (exact) mass is 290 g/mol. The van der Waals surface area contributed by atoms with Gasteiger partial charge < -0.3 is 10.5 Å². The number of sulfonamides is 1. The van der Waals surface area contributed by atoms with Gasteiger partial charge in [0, 0.05) is 33.3 Å². The Balaban J connectivity index is 2.72. The van der Waals surface area contributed by atoms with Gasteiger partial charge in [-0.2, -0.15) is 5.10 Å². The maximum atomic E-state index is 12.2. The first-order valence-electron chi connectivity index (χ1n) is 5.61. The SMILES string of the molecule is COC(=O)CCCN(C)S(=O)(=O)c1cn(C)nc1N. The fourth-order valence-electron chi connectivity index (χ4n) is 1.52. The van der Waals surface area contributed by atoms with E-state index in [1.165, 1.54) is 25.0 Å². The van der Waals surface area contributed by atoms with E-state index >= 15 is 0 Å². The summed E-state index contributed by atoms with van der Waals surface area (Å²) >= 11 is 0. The Hall–Kier alpha value is -1.61. The fraction of sp³-hybridized carbons (Fsp3) is 0.600. The lowest BCUT2D eigenvalue weighted by Gasteiger charge is -2.15. The van der Waals surface area contributed by atoms with E-state index in [0.717, 1.165) is 4.31 Å². The van der Waals surface area contributed by atoms with Crippen LogP contribution >= 0.6 is 0 Å². The number of nitrogen functional groups attached to an aromatic ring is 1. The molecule has 1 rings (SSSR count).